The molecule has 0 saturated carbocycles. The normalized spacial score (nSPS) is 13.6. The molecule has 0 bridgehead atoms. The predicted octanol–water partition coefficient (Wildman–Crippen LogP) is 1.81. The highest BCUT2D eigenvalue weighted by atomic mass is 127. The number of nitrogens with one attached hydrogen (secondary N) is 3. The van der Waals surface area contributed by atoms with E-state index in [1.165, 1.54) is 0 Å². The van der Waals surface area contributed by atoms with E-state index in [4.69, 9.17) is 4.74 Å². The van der Waals surface area contributed by atoms with Crippen LogP contribution in [-0.4, -0.2) is 52.1 Å². The minimum Gasteiger partial charge on any atom is -0.444 e. The van der Waals surface area contributed by atoms with Gasteiger partial charge in [-0.3, -0.25) is 0 Å². The first-order chi connectivity index (χ1) is 12.4. The fraction of sp³-hybridized carbons (Fsp3) is 0.765. The van der Waals surface area contributed by atoms with Gasteiger partial charge in [0.05, 0.1) is 0 Å². The van der Waals surface area contributed by atoms with E-state index in [2.05, 4.69) is 35.7 Å². The molecule has 1 aromatic rings. The Balaban J connectivity index is 0.00000364. The number of amides is 1. The molecule has 3 N–H and O–H groups in total. The van der Waals surface area contributed by atoms with Gasteiger partial charge in [-0.1, -0.05) is 0 Å². The van der Waals surface area contributed by atoms with Gasteiger partial charge in [0.2, 0.25) is 0 Å². The number of carbonyl (C=O) groups excluding carboxylic acids is 1. The zero-order chi connectivity index (χ0) is 19.0. The Labute approximate surface area is 178 Å². The molecule has 0 atom stereocenters. The number of guanidine groups is 1. The lowest BCUT2D eigenvalue weighted by Crippen LogP contribution is -2.39. The first-order valence-electron chi connectivity index (χ1n) is 9.29. The van der Waals surface area contributed by atoms with Crippen LogP contribution in [0.15, 0.2) is 4.99 Å². The number of ether oxygens (including phenoxy) is 1. The summed E-state index contributed by atoms with van der Waals surface area (Å²) in [6.45, 7) is 11.1. The SMILES string of the molecule is CCNC(=NCc1nnc2n1CCC2)NCCCNC(=O)OC(C)(C)C.I. The lowest BCUT2D eigenvalue weighted by molar-refractivity contribution is 0.0527. The van der Waals surface area contributed by atoms with Crippen LogP contribution in [-0.2, 0) is 24.2 Å². The summed E-state index contributed by atoms with van der Waals surface area (Å²) in [5.74, 6) is 2.70. The number of hydrogen-bond acceptors (Lipinski definition) is 5. The number of halogens is 1. The zero-order valence-electron chi connectivity index (χ0n) is 16.7. The van der Waals surface area contributed by atoms with Crippen LogP contribution in [0.2, 0.25) is 0 Å². The summed E-state index contributed by atoms with van der Waals surface area (Å²) < 4.78 is 7.35. The molecule has 27 heavy (non-hydrogen) atoms. The number of hydrogen-bond donors (Lipinski definition) is 3. The van der Waals surface area contributed by atoms with Crippen molar-refractivity contribution in [1.82, 2.24) is 30.7 Å². The highest BCUT2D eigenvalue weighted by molar-refractivity contribution is 14.0. The van der Waals surface area contributed by atoms with Gasteiger partial charge >= 0.3 is 6.09 Å². The van der Waals surface area contributed by atoms with Gasteiger partial charge in [-0.05, 0) is 40.5 Å². The molecule has 1 aromatic heterocycles. The number of fused-ring (bicyclic) bond motifs is 1. The molecule has 1 aliphatic heterocycles. The number of nitrogens with zero attached hydrogens (tertiary/aromatic N) is 4. The second-order valence-corrected chi connectivity index (χ2v) is 7.19. The topological polar surface area (TPSA) is 105 Å². The van der Waals surface area contributed by atoms with E-state index in [0.29, 0.717) is 19.6 Å². The zero-order valence-corrected chi connectivity index (χ0v) is 19.0. The van der Waals surface area contributed by atoms with Gasteiger partial charge in [0.25, 0.3) is 0 Å². The second-order valence-electron chi connectivity index (χ2n) is 7.19. The molecule has 0 saturated heterocycles. The summed E-state index contributed by atoms with van der Waals surface area (Å²) in [5, 5.41) is 17.6. The molecule has 1 amide bonds. The van der Waals surface area contributed by atoms with Gasteiger partial charge in [0.1, 0.15) is 18.0 Å². The van der Waals surface area contributed by atoms with Crippen molar-refractivity contribution in [2.75, 3.05) is 19.6 Å². The molecular weight excluding hydrogens is 461 g/mol. The first-order valence-corrected chi connectivity index (χ1v) is 9.29. The first kappa shape index (κ1) is 23.4. The van der Waals surface area contributed by atoms with Crippen LogP contribution in [0.5, 0.6) is 0 Å². The smallest absolute Gasteiger partial charge is 0.407 e. The Morgan fingerprint density at radius 1 is 1.22 bits per heavy atom. The highest BCUT2D eigenvalue weighted by Crippen LogP contribution is 2.14. The summed E-state index contributed by atoms with van der Waals surface area (Å²) in [5.41, 5.74) is -0.477. The van der Waals surface area contributed by atoms with Gasteiger partial charge in [0, 0.05) is 32.6 Å². The number of aryl methyl sites for hydroxylation is 1. The fourth-order valence-corrected chi connectivity index (χ4v) is 2.62. The number of rotatable bonds is 7. The molecule has 0 radical (unpaired) electrons. The third-order valence-electron chi connectivity index (χ3n) is 3.72. The quantitative estimate of drug-likeness (QED) is 0.232. The lowest BCUT2D eigenvalue weighted by Gasteiger charge is -2.19. The number of carbonyl (C=O) groups is 1. The molecule has 2 heterocycles. The van der Waals surface area contributed by atoms with E-state index in [9.17, 15) is 4.79 Å². The highest BCUT2D eigenvalue weighted by Gasteiger charge is 2.17. The third kappa shape index (κ3) is 8.31. The van der Waals surface area contributed by atoms with Crippen LogP contribution < -0.4 is 16.0 Å². The van der Waals surface area contributed by atoms with Gasteiger partial charge < -0.3 is 25.3 Å². The van der Waals surface area contributed by atoms with Gasteiger partial charge in [-0.2, -0.15) is 0 Å². The Morgan fingerprint density at radius 3 is 2.67 bits per heavy atom. The van der Waals surface area contributed by atoms with Crippen molar-refractivity contribution in [2.45, 2.75) is 65.6 Å². The van der Waals surface area contributed by atoms with Crippen molar-refractivity contribution in [2.24, 2.45) is 4.99 Å². The molecule has 0 unspecified atom stereocenters. The molecule has 0 fully saturated rings. The average molecular weight is 493 g/mol. The van der Waals surface area contributed by atoms with E-state index in [-0.39, 0.29) is 24.0 Å². The van der Waals surface area contributed by atoms with Crippen molar-refractivity contribution >= 4 is 36.0 Å². The van der Waals surface area contributed by atoms with Crippen LogP contribution in [0.4, 0.5) is 4.79 Å². The Hall–Kier alpha value is -1.59. The maximum atomic E-state index is 11.6. The molecule has 10 heteroatoms. The van der Waals surface area contributed by atoms with E-state index in [1.54, 1.807) is 0 Å². The van der Waals surface area contributed by atoms with Crippen LogP contribution in [0.25, 0.3) is 0 Å². The maximum Gasteiger partial charge on any atom is 0.407 e. The van der Waals surface area contributed by atoms with Crippen molar-refractivity contribution in [3.8, 4) is 0 Å². The third-order valence-corrected chi connectivity index (χ3v) is 3.72. The molecular formula is C17H32IN7O2. The largest absolute Gasteiger partial charge is 0.444 e. The summed E-state index contributed by atoms with van der Waals surface area (Å²) in [4.78, 5) is 16.2. The monoisotopic (exact) mass is 493 g/mol. The molecule has 0 aliphatic carbocycles. The standard InChI is InChI=1S/C17H31N7O2.HI/c1-5-18-15(19-9-7-10-20-16(25)26-17(2,3)4)21-12-14-23-22-13-8-6-11-24(13)14;/h5-12H2,1-4H3,(H,20,25)(H2,18,19,21);1H. The molecule has 0 spiro atoms. The molecule has 154 valence electrons. The van der Waals surface area contributed by atoms with Crippen LogP contribution >= 0.6 is 24.0 Å². The summed E-state index contributed by atoms with van der Waals surface area (Å²) in [6.07, 6.45) is 2.51. The van der Waals surface area contributed by atoms with Gasteiger partial charge in [-0.15, -0.1) is 34.2 Å². The van der Waals surface area contributed by atoms with Crippen LogP contribution in [0.3, 0.4) is 0 Å². The minimum atomic E-state index is -0.477. The maximum absolute atomic E-state index is 11.6. The second kappa shape index (κ2) is 11.3. The Bertz CT molecular complexity index is 625. The summed E-state index contributed by atoms with van der Waals surface area (Å²) >= 11 is 0. The van der Waals surface area contributed by atoms with Crippen LogP contribution in [0.1, 0.15) is 52.2 Å². The van der Waals surface area contributed by atoms with Gasteiger partial charge in [0.15, 0.2) is 11.8 Å². The van der Waals surface area contributed by atoms with Crippen molar-refractivity contribution in [1.29, 1.82) is 0 Å². The van der Waals surface area contributed by atoms with Gasteiger partial charge in [-0.25, -0.2) is 9.79 Å². The Kier molecular flexibility index (Phi) is 9.81. The number of aliphatic imine (C=N–C) groups is 1. The van der Waals surface area contributed by atoms with Crippen molar-refractivity contribution in [3.63, 3.8) is 0 Å². The Morgan fingerprint density at radius 2 is 1.96 bits per heavy atom. The molecule has 1 aliphatic rings. The lowest BCUT2D eigenvalue weighted by atomic mass is 10.2. The van der Waals surface area contributed by atoms with Crippen molar-refractivity contribution in [3.05, 3.63) is 11.6 Å². The fourth-order valence-electron chi connectivity index (χ4n) is 2.62. The van der Waals surface area contributed by atoms with Crippen molar-refractivity contribution < 1.29 is 9.53 Å². The predicted molar refractivity (Wildman–Crippen MR) is 115 cm³/mol. The molecule has 9 nitrogen and oxygen atoms in total. The van der Waals surface area contributed by atoms with E-state index < -0.39 is 11.7 Å². The van der Waals surface area contributed by atoms with E-state index in [0.717, 1.165) is 50.0 Å². The van der Waals surface area contributed by atoms with E-state index in [1.807, 2.05) is 27.7 Å². The summed E-state index contributed by atoms with van der Waals surface area (Å²) in [7, 11) is 0. The summed E-state index contributed by atoms with van der Waals surface area (Å²) in [6, 6.07) is 0. The van der Waals surface area contributed by atoms with E-state index >= 15 is 0 Å². The number of aromatic nitrogens is 3. The molecule has 0 aromatic carbocycles. The minimum absolute atomic E-state index is 0. The average Bonchev–Trinajstić information content (AvgIpc) is 3.14. The van der Waals surface area contributed by atoms with Crippen LogP contribution in [0, 0.1) is 0 Å². The number of alkyl carbamates (subject to hydrolysis) is 1. The molecule has 2 rings (SSSR count).